The van der Waals surface area contributed by atoms with Gasteiger partial charge in [0.1, 0.15) is 0 Å². The number of aryl methyl sites for hydroxylation is 1. The number of nitrogens with two attached hydrogens (primary N) is 1. The van der Waals surface area contributed by atoms with Crippen LogP contribution in [-0.4, -0.2) is 12.5 Å². The molecule has 1 saturated carbocycles. The molecule has 1 aliphatic rings. The van der Waals surface area contributed by atoms with Crippen LogP contribution in [0, 0.1) is 12.3 Å². The monoisotopic (exact) mass is 232 g/mol. The standard InChI is InChI=1S/C14H20N2O/c1-10-4-3-5-12(8-10)11(2)16-13(17)14(9-15)6-7-14/h3-5,8,11H,6-7,9,15H2,1-2H3,(H,16,17)/t11-/m1/s1. The third-order valence-corrected chi connectivity index (χ3v) is 3.62. The van der Waals surface area contributed by atoms with Crippen molar-refractivity contribution in [2.45, 2.75) is 32.7 Å². The van der Waals surface area contributed by atoms with Crippen LogP contribution in [0.25, 0.3) is 0 Å². The summed E-state index contributed by atoms with van der Waals surface area (Å²) in [5, 5.41) is 3.06. The van der Waals surface area contributed by atoms with Crippen LogP contribution in [0.15, 0.2) is 24.3 Å². The lowest BCUT2D eigenvalue weighted by Gasteiger charge is -2.19. The Hall–Kier alpha value is -1.35. The maximum Gasteiger partial charge on any atom is 0.227 e. The van der Waals surface area contributed by atoms with E-state index < -0.39 is 0 Å². The van der Waals surface area contributed by atoms with Crippen LogP contribution >= 0.6 is 0 Å². The fourth-order valence-electron chi connectivity index (χ4n) is 2.05. The average molecular weight is 232 g/mol. The van der Waals surface area contributed by atoms with Crippen molar-refractivity contribution < 1.29 is 4.79 Å². The Bertz CT molecular complexity index is 424. The van der Waals surface area contributed by atoms with Gasteiger partial charge in [0.2, 0.25) is 5.91 Å². The Morgan fingerprint density at radius 3 is 2.76 bits per heavy atom. The van der Waals surface area contributed by atoms with Crippen LogP contribution in [-0.2, 0) is 4.79 Å². The zero-order chi connectivity index (χ0) is 12.5. The minimum atomic E-state index is -0.266. The van der Waals surface area contributed by atoms with Gasteiger partial charge in [-0.05, 0) is 32.3 Å². The van der Waals surface area contributed by atoms with Crippen molar-refractivity contribution >= 4 is 5.91 Å². The van der Waals surface area contributed by atoms with Gasteiger partial charge in [0.15, 0.2) is 0 Å². The van der Waals surface area contributed by atoms with Gasteiger partial charge in [-0.15, -0.1) is 0 Å². The van der Waals surface area contributed by atoms with Crippen LogP contribution in [0.1, 0.15) is 36.9 Å². The minimum absolute atomic E-state index is 0.0476. The van der Waals surface area contributed by atoms with Gasteiger partial charge in [-0.1, -0.05) is 29.8 Å². The normalized spacial score (nSPS) is 18.5. The molecular formula is C14H20N2O. The van der Waals surface area contributed by atoms with E-state index in [2.05, 4.69) is 24.4 Å². The molecule has 0 bridgehead atoms. The summed E-state index contributed by atoms with van der Waals surface area (Å²) in [6, 6.07) is 8.27. The maximum atomic E-state index is 12.0. The van der Waals surface area contributed by atoms with Gasteiger partial charge in [-0.25, -0.2) is 0 Å². The highest BCUT2D eigenvalue weighted by Crippen LogP contribution is 2.45. The zero-order valence-electron chi connectivity index (χ0n) is 10.5. The molecule has 0 saturated heterocycles. The van der Waals surface area contributed by atoms with E-state index in [1.807, 2.05) is 19.1 Å². The van der Waals surface area contributed by atoms with Gasteiger partial charge in [-0.2, -0.15) is 0 Å². The molecule has 17 heavy (non-hydrogen) atoms. The van der Waals surface area contributed by atoms with E-state index >= 15 is 0 Å². The van der Waals surface area contributed by atoms with E-state index in [1.165, 1.54) is 5.56 Å². The summed E-state index contributed by atoms with van der Waals surface area (Å²) >= 11 is 0. The number of amides is 1. The van der Waals surface area contributed by atoms with E-state index in [-0.39, 0.29) is 17.4 Å². The van der Waals surface area contributed by atoms with Gasteiger partial charge in [0.05, 0.1) is 11.5 Å². The molecule has 0 aromatic heterocycles. The molecule has 1 aromatic rings. The fourth-order valence-corrected chi connectivity index (χ4v) is 2.05. The van der Waals surface area contributed by atoms with Crippen molar-refractivity contribution in [3.8, 4) is 0 Å². The molecule has 1 amide bonds. The molecule has 1 atom stereocenters. The van der Waals surface area contributed by atoms with Crippen LogP contribution in [0.4, 0.5) is 0 Å². The van der Waals surface area contributed by atoms with Gasteiger partial charge in [0, 0.05) is 6.54 Å². The summed E-state index contributed by atoms with van der Waals surface area (Å²) in [5.41, 5.74) is 7.74. The summed E-state index contributed by atoms with van der Waals surface area (Å²) in [4.78, 5) is 12.0. The van der Waals surface area contributed by atoms with Crippen LogP contribution in [0.2, 0.25) is 0 Å². The SMILES string of the molecule is Cc1cccc([C@@H](C)NC(=O)C2(CN)CC2)c1. The Labute approximate surface area is 102 Å². The third kappa shape index (κ3) is 2.50. The molecule has 92 valence electrons. The highest BCUT2D eigenvalue weighted by Gasteiger charge is 2.48. The number of nitrogens with one attached hydrogen (secondary N) is 1. The number of carbonyl (C=O) groups excluding carboxylic acids is 1. The van der Waals surface area contributed by atoms with Crippen LogP contribution in [0.3, 0.4) is 0 Å². The number of rotatable bonds is 4. The van der Waals surface area contributed by atoms with Crippen molar-refractivity contribution in [1.29, 1.82) is 0 Å². The Kier molecular flexibility index (Phi) is 3.20. The molecule has 3 N–H and O–H groups in total. The number of carbonyl (C=O) groups is 1. The van der Waals surface area contributed by atoms with Crippen molar-refractivity contribution in [3.05, 3.63) is 35.4 Å². The van der Waals surface area contributed by atoms with Gasteiger partial charge < -0.3 is 11.1 Å². The van der Waals surface area contributed by atoms with Crippen molar-refractivity contribution in [2.75, 3.05) is 6.54 Å². The van der Waals surface area contributed by atoms with Gasteiger partial charge in [0.25, 0.3) is 0 Å². The van der Waals surface area contributed by atoms with E-state index in [0.29, 0.717) is 6.54 Å². The highest BCUT2D eigenvalue weighted by atomic mass is 16.2. The predicted octanol–water partition coefficient (Wildman–Crippen LogP) is 1.91. The molecule has 1 aliphatic carbocycles. The van der Waals surface area contributed by atoms with Crippen molar-refractivity contribution in [3.63, 3.8) is 0 Å². The second kappa shape index (κ2) is 4.49. The van der Waals surface area contributed by atoms with Gasteiger partial charge >= 0.3 is 0 Å². The summed E-state index contributed by atoms with van der Waals surface area (Å²) in [6.45, 7) is 4.53. The zero-order valence-corrected chi connectivity index (χ0v) is 10.5. The molecule has 3 nitrogen and oxygen atoms in total. The van der Waals surface area contributed by atoms with E-state index in [1.54, 1.807) is 0 Å². The van der Waals surface area contributed by atoms with Crippen LogP contribution < -0.4 is 11.1 Å². The molecular weight excluding hydrogens is 212 g/mol. The van der Waals surface area contributed by atoms with Crippen LogP contribution in [0.5, 0.6) is 0 Å². The first kappa shape index (κ1) is 12.1. The van der Waals surface area contributed by atoms with E-state index in [0.717, 1.165) is 18.4 Å². The molecule has 0 aliphatic heterocycles. The topological polar surface area (TPSA) is 55.1 Å². The molecule has 0 spiro atoms. The lowest BCUT2D eigenvalue weighted by atomic mass is 10.0. The average Bonchev–Trinajstić information content (AvgIpc) is 3.09. The lowest BCUT2D eigenvalue weighted by Crippen LogP contribution is -2.37. The summed E-state index contributed by atoms with van der Waals surface area (Å²) in [6.07, 6.45) is 1.85. The molecule has 0 unspecified atom stereocenters. The number of hydrogen-bond acceptors (Lipinski definition) is 2. The third-order valence-electron chi connectivity index (χ3n) is 3.62. The molecule has 0 heterocycles. The van der Waals surface area contributed by atoms with E-state index in [9.17, 15) is 4.79 Å². The lowest BCUT2D eigenvalue weighted by molar-refractivity contribution is -0.126. The first-order valence-corrected chi connectivity index (χ1v) is 6.15. The Morgan fingerprint density at radius 2 is 2.24 bits per heavy atom. The first-order chi connectivity index (χ1) is 8.07. The summed E-state index contributed by atoms with van der Waals surface area (Å²) in [7, 11) is 0. The van der Waals surface area contributed by atoms with Crippen molar-refractivity contribution in [2.24, 2.45) is 11.1 Å². The predicted molar refractivity (Wildman–Crippen MR) is 68.5 cm³/mol. The molecule has 1 aromatic carbocycles. The molecule has 3 heteroatoms. The molecule has 1 fully saturated rings. The van der Waals surface area contributed by atoms with Crippen molar-refractivity contribution in [1.82, 2.24) is 5.32 Å². The second-order valence-corrected chi connectivity index (χ2v) is 5.09. The summed E-state index contributed by atoms with van der Waals surface area (Å²) in [5.74, 6) is 0.106. The van der Waals surface area contributed by atoms with E-state index in [4.69, 9.17) is 5.73 Å². The number of benzene rings is 1. The fraction of sp³-hybridized carbons (Fsp3) is 0.500. The maximum absolute atomic E-state index is 12.0. The molecule has 0 radical (unpaired) electrons. The molecule has 2 rings (SSSR count). The smallest absolute Gasteiger partial charge is 0.227 e. The summed E-state index contributed by atoms with van der Waals surface area (Å²) < 4.78 is 0. The quantitative estimate of drug-likeness (QED) is 0.833. The second-order valence-electron chi connectivity index (χ2n) is 5.09. The van der Waals surface area contributed by atoms with Gasteiger partial charge in [-0.3, -0.25) is 4.79 Å². The minimum Gasteiger partial charge on any atom is -0.349 e. The first-order valence-electron chi connectivity index (χ1n) is 6.15. The highest BCUT2D eigenvalue weighted by molar-refractivity contribution is 5.85. The largest absolute Gasteiger partial charge is 0.349 e. The Balaban J connectivity index is 2.02. The Morgan fingerprint density at radius 1 is 1.53 bits per heavy atom. The number of hydrogen-bond donors (Lipinski definition) is 2.